The third-order valence-electron chi connectivity index (χ3n) is 4.99. The SMILES string of the molecule is O=C(O)N1CCN(c2ccc(Br)c3c2ccn3S(=O)(=O)c2cccc(Cl)c2)CC1. The second-order valence-electron chi connectivity index (χ2n) is 6.66. The lowest BCUT2D eigenvalue weighted by Gasteiger charge is -2.35. The van der Waals surface area contributed by atoms with E-state index in [4.69, 9.17) is 16.7 Å². The molecule has 2 heterocycles. The minimum absolute atomic E-state index is 0.106. The van der Waals surface area contributed by atoms with Gasteiger partial charge in [0.2, 0.25) is 0 Å². The van der Waals surface area contributed by atoms with Gasteiger partial charge in [0, 0.05) is 52.9 Å². The number of rotatable bonds is 3. The molecule has 1 amide bonds. The van der Waals surface area contributed by atoms with Crippen molar-refractivity contribution in [3.05, 3.63) is 58.2 Å². The van der Waals surface area contributed by atoms with E-state index in [1.807, 2.05) is 12.1 Å². The first kappa shape index (κ1) is 20.1. The number of hydrogen-bond acceptors (Lipinski definition) is 4. The average molecular weight is 499 g/mol. The maximum absolute atomic E-state index is 13.2. The number of carbonyl (C=O) groups is 1. The molecule has 0 atom stereocenters. The van der Waals surface area contributed by atoms with Gasteiger partial charge < -0.3 is 14.9 Å². The molecular weight excluding hydrogens is 482 g/mol. The number of nitrogens with zero attached hydrogens (tertiary/aromatic N) is 3. The number of carboxylic acid groups (broad SMARTS) is 1. The summed E-state index contributed by atoms with van der Waals surface area (Å²) in [5.74, 6) is 0. The van der Waals surface area contributed by atoms with E-state index in [1.165, 1.54) is 27.2 Å². The lowest BCUT2D eigenvalue weighted by Crippen LogP contribution is -2.48. The first-order valence-corrected chi connectivity index (χ1v) is 11.4. The Kier molecular flexibility index (Phi) is 5.22. The molecule has 7 nitrogen and oxygen atoms in total. The molecule has 0 unspecified atom stereocenters. The second kappa shape index (κ2) is 7.55. The Morgan fingerprint density at radius 2 is 1.79 bits per heavy atom. The topological polar surface area (TPSA) is 82.8 Å². The summed E-state index contributed by atoms with van der Waals surface area (Å²) < 4.78 is 28.3. The Balaban J connectivity index is 1.78. The van der Waals surface area contributed by atoms with Gasteiger partial charge >= 0.3 is 6.09 Å². The number of amides is 1. The molecule has 0 radical (unpaired) electrons. The van der Waals surface area contributed by atoms with E-state index < -0.39 is 16.1 Å². The summed E-state index contributed by atoms with van der Waals surface area (Å²) in [6.45, 7) is 1.87. The molecule has 29 heavy (non-hydrogen) atoms. The van der Waals surface area contributed by atoms with E-state index in [9.17, 15) is 13.2 Å². The van der Waals surface area contributed by atoms with Gasteiger partial charge in [0.05, 0.1) is 10.4 Å². The van der Waals surface area contributed by atoms with Crippen LogP contribution in [0.25, 0.3) is 10.9 Å². The molecule has 1 saturated heterocycles. The molecule has 3 aromatic rings. The van der Waals surface area contributed by atoms with Crippen molar-refractivity contribution in [3.63, 3.8) is 0 Å². The lowest BCUT2D eigenvalue weighted by atomic mass is 10.2. The van der Waals surface area contributed by atoms with Crippen LogP contribution in [0.1, 0.15) is 0 Å². The molecule has 0 bridgehead atoms. The lowest BCUT2D eigenvalue weighted by molar-refractivity contribution is 0.142. The van der Waals surface area contributed by atoms with Crippen LogP contribution >= 0.6 is 27.5 Å². The van der Waals surface area contributed by atoms with Gasteiger partial charge in [-0.05, 0) is 52.3 Å². The van der Waals surface area contributed by atoms with Crippen LogP contribution in [0.4, 0.5) is 10.5 Å². The molecule has 2 aromatic carbocycles. The van der Waals surface area contributed by atoms with Crippen LogP contribution in [0.2, 0.25) is 5.02 Å². The molecule has 1 aromatic heterocycles. The fraction of sp³-hybridized carbons (Fsp3) is 0.211. The molecule has 152 valence electrons. The predicted molar refractivity (Wildman–Crippen MR) is 115 cm³/mol. The maximum Gasteiger partial charge on any atom is 0.407 e. The zero-order valence-corrected chi connectivity index (χ0v) is 18.3. The summed E-state index contributed by atoms with van der Waals surface area (Å²) in [4.78, 5) is 14.7. The standard InChI is InChI=1S/C19H17BrClN3O4S/c20-16-4-5-17(22-8-10-23(11-9-22)19(25)26)15-6-7-24(18(15)16)29(27,28)14-3-1-2-13(21)12-14/h1-7,12H,8-11H2,(H,25,26). The van der Waals surface area contributed by atoms with Crippen molar-refractivity contribution in [2.75, 3.05) is 31.1 Å². The van der Waals surface area contributed by atoms with Gasteiger partial charge in [-0.25, -0.2) is 17.2 Å². The highest BCUT2D eigenvalue weighted by Gasteiger charge is 2.25. The zero-order chi connectivity index (χ0) is 20.8. The number of piperazine rings is 1. The van der Waals surface area contributed by atoms with Gasteiger partial charge in [0.15, 0.2) is 0 Å². The van der Waals surface area contributed by atoms with E-state index in [2.05, 4.69) is 20.8 Å². The Labute approximate surface area is 181 Å². The van der Waals surface area contributed by atoms with Gasteiger partial charge in [0.1, 0.15) is 0 Å². The molecule has 1 N–H and O–H groups in total. The minimum Gasteiger partial charge on any atom is -0.465 e. The summed E-state index contributed by atoms with van der Waals surface area (Å²) in [7, 11) is -3.84. The third kappa shape index (κ3) is 3.58. The smallest absolute Gasteiger partial charge is 0.407 e. The van der Waals surface area contributed by atoms with Crippen LogP contribution < -0.4 is 4.90 Å². The second-order valence-corrected chi connectivity index (χ2v) is 9.77. The van der Waals surface area contributed by atoms with E-state index in [0.717, 1.165) is 11.1 Å². The van der Waals surface area contributed by atoms with Crippen LogP contribution in [-0.4, -0.2) is 54.7 Å². The van der Waals surface area contributed by atoms with Gasteiger partial charge in [0.25, 0.3) is 10.0 Å². The van der Waals surface area contributed by atoms with E-state index in [1.54, 1.807) is 18.2 Å². The van der Waals surface area contributed by atoms with Crippen molar-refractivity contribution in [1.82, 2.24) is 8.87 Å². The van der Waals surface area contributed by atoms with Crippen molar-refractivity contribution in [2.24, 2.45) is 0 Å². The molecule has 1 aliphatic rings. The Morgan fingerprint density at radius 3 is 2.45 bits per heavy atom. The Hall–Kier alpha value is -2.23. The van der Waals surface area contributed by atoms with Crippen LogP contribution in [0, 0.1) is 0 Å². The van der Waals surface area contributed by atoms with Crippen LogP contribution in [-0.2, 0) is 10.0 Å². The molecular formula is C19H17BrClN3O4S. The summed E-state index contributed by atoms with van der Waals surface area (Å²) >= 11 is 9.46. The summed E-state index contributed by atoms with van der Waals surface area (Å²) in [6.07, 6.45) is 0.604. The monoisotopic (exact) mass is 497 g/mol. The number of anilines is 1. The highest BCUT2D eigenvalue weighted by Crippen LogP contribution is 2.35. The molecule has 10 heteroatoms. The van der Waals surface area contributed by atoms with E-state index >= 15 is 0 Å². The average Bonchev–Trinajstić information content (AvgIpc) is 3.15. The molecule has 0 saturated carbocycles. The number of benzene rings is 2. The largest absolute Gasteiger partial charge is 0.465 e. The van der Waals surface area contributed by atoms with Crippen molar-refractivity contribution in [2.45, 2.75) is 4.90 Å². The van der Waals surface area contributed by atoms with Crippen LogP contribution in [0.5, 0.6) is 0 Å². The molecule has 0 aliphatic carbocycles. The van der Waals surface area contributed by atoms with E-state index in [0.29, 0.717) is 41.2 Å². The molecule has 0 spiro atoms. The van der Waals surface area contributed by atoms with Crippen molar-refractivity contribution < 1.29 is 18.3 Å². The minimum atomic E-state index is -3.84. The number of fused-ring (bicyclic) bond motifs is 1. The highest BCUT2D eigenvalue weighted by molar-refractivity contribution is 9.10. The van der Waals surface area contributed by atoms with Crippen molar-refractivity contribution >= 4 is 60.2 Å². The van der Waals surface area contributed by atoms with Gasteiger partial charge in [-0.2, -0.15) is 0 Å². The number of hydrogen-bond donors (Lipinski definition) is 1. The summed E-state index contributed by atoms with van der Waals surface area (Å²) in [6, 6.07) is 11.6. The summed E-state index contributed by atoms with van der Waals surface area (Å²) in [5, 5.41) is 10.3. The summed E-state index contributed by atoms with van der Waals surface area (Å²) in [5.41, 5.74) is 1.40. The van der Waals surface area contributed by atoms with Crippen molar-refractivity contribution in [1.29, 1.82) is 0 Å². The van der Waals surface area contributed by atoms with Crippen LogP contribution in [0.3, 0.4) is 0 Å². The van der Waals surface area contributed by atoms with E-state index in [-0.39, 0.29) is 4.90 Å². The van der Waals surface area contributed by atoms with Crippen LogP contribution in [0.15, 0.2) is 58.0 Å². The van der Waals surface area contributed by atoms with Gasteiger partial charge in [-0.3, -0.25) is 0 Å². The molecule has 4 rings (SSSR count). The fourth-order valence-corrected chi connectivity index (χ4v) is 5.85. The van der Waals surface area contributed by atoms with Crippen molar-refractivity contribution in [3.8, 4) is 0 Å². The predicted octanol–water partition coefficient (Wildman–Crippen LogP) is 4.09. The maximum atomic E-state index is 13.2. The normalized spacial score (nSPS) is 15.1. The Morgan fingerprint density at radius 1 is 1.07 bits per heavy atom. The van der Waals surface area contributed by atoms with Gasteiger partial charge in [-0.15, -0.1) is 0 Å². The number of halogens is 2. The molecule has 1 fully saturated rings. The first-order valence-electron chi connectivity index (χ1n) is 8.82. The quantitative estimate of drug-likeness (QED) is 0.588. The molecule has 1 aliphatic heterocycles. The zero-order valence-electron chi connectivity index (χ0n) is 15.1. The first-order chi connectivity index (χ1) is 13.8. The van der Waals surface area contributed by atoms with Gasteiger partial charge in [-0.1, -0.05) is 17.7 Å². The Bertz CT molecular complexity index is 1200. The fourth-order valence-electron chi connectivity index (χ4n) is 3.53. The third-order valence-corrected chi connectivity index (χ3v) is 7.53. The highest BCUT2D eigenvalue weighted by atomic mass is 79.9. The number of aromatic nitrogens is 1.